The van der Waals surface area contributed by atoms with Gasteiger partial charge in [0.2, 0.25) is 0 Å². The number of carbonyl (C=O) groups excluding carboxylic acids is 3. The van der Waals surface area contributed by atoms with Gasteiger partial charge in [0, 0.05) is 19.3 Å². The molecular formula is C71H118O16P2. The summed E-state index contributed by atoms with van der Waals surface area (Å²) in [5, 5.41) is 20.5. The van der Waals surface area contributed by atoms with Crippen LogP contribution in [-0.2, 0) is 55.8 Å². The maximum absolute atomic E-state index is 12.9. The molecule has 0 bridgehead atoms. The molecule has 89 heavy (non-hydrogen) atoms. The van der Waals surface area contributed by atoms with Crippen LogP contribution in [0.1, 0.15) is 239 Å². The molecule has 5 unspecified atom stereocenters. The molecular weight excluding hydrogens is 1170 g/mol. The van der Waals surface area contributed by atoms with E-state index in [2.05, 4.69) is 154 Å². The van der Waals surface area contributed by atoms with E-state index in [-0.39, 0.29) is 19.3 Å². The molecule has 0 saturated carbocycles. The molecule has 0 aromatic heterocycles. The largest absolute Gasteiger partial charge is 0.472 e. The van der Waals surface area contributed by atoms with E-state index in [1.54, 1.807) is 0 Å². The second-order valence-electron chi connectivity index (χ2n) is 21.9. The van der Waals surface area contributed by atoms with Crippen LogP contribution in [0.4, 0.5) is 0 Å². The fraction of sp³-hybridized carbons (Fsp3) is 0.648. The van der Waals surface area contributed by atoms with Crippen molar-refractivity contribution in [2.75, 3.05) is 39.6 Å². The summed E-state index contributed by atoms with van der Waals surface area (Å²) in [5.74, 6) is -1.66. The first-order chi connectivity index (χ1) is 43.2. The maximum Gasteiger partial charge on any atom is 0.472 e. The zero-order valence-corrected chi connectivity index (χ0v) is 56.6. The summed E-state index contributed by atoms with van der Waals surface area (Å²) in [6.07, 6.45) is 73.6. The van der Waals surface area contributed by atoms with Crippen LogP contribution in [0, 0.1) is 0 Å². The molecule has 0 heterocycles. The van der Waals surface area contributed by atoms with Crippen LogP contribution in [0.25, 0.3) is 0 Å². The van der Waals surface area contributed by atoms with Gasteiger partial charge in [0.25, 0.3) is 0 Å². The van der Waals surface area contributed by atoms with Gasteiger partial charge in [0.05, 0.1) is 26.4 Å². The minimum absolute atomic E-state index is 0.0845. The SMILES string of the molecule is CC/C=C\C/C=C\C/C=C\C/C=C\C/C=C\C/C=C\CCCCC(=O)OCC(O)COP(=O)(O)OCC(O)COP(=O)(O)OCC(COC(=O)CCCCCC/C=C\C/C=C\C/C=C\C/C=C\CC)OC(=O)CCCCCCC/C=C\CCCCCCCC. The van der Waals surface area contributed by atoms with Gasteiger partial charge in [-0.1, -0.05) is 219 Å². The van der Waals surface area contributed by atoms with Crippen molar-refractivity contribution in [3.63, 3.8) is 0 Å². The minimum Gasteiger partial charge on any atom is -0.463 e. The Morgan fingerprint density at radius 2 is 0.596 bits per heavy atom. The molecule has 0 saturated heterocycles. The summed E-state index contributed by atoms with van der Waals surface area (Å²) in [7, 11) is -9.80. The van der Waals surface area contributed by atoms with Crippen molar-refractivity contribution in [2.45, 2.75) is 257 Å². The van der Waals surface area contributed by atoms with Crippen LogP contribution in [0.15, 0.2) is 134 Å². The number of aliphatic hydroxyl groups excluding tert-OH is 2. The number of phosphoric acid groups is 2. The smallest absolute Gasteiger partial charge is 0.463 e. The molecule has 0 aliphatic heterocycles. The molecule has 4 N–H and O–H groups in total. The lowest BCUT2D eigenvalue weighted by Crippen LogP contribution is -2.30. The number of hydrogen-bond acceptors (Lipinski definition) is 14. The van der Waals surface area contributed by atoms with E-state index in [4.69, 9.17) is 32.3 Å². The number of carbonyl (C=O) groups is 3. The Morgan fingerprint density at radius 3 is 0.978 bits per heavy atom. The Bertz CT molecular complexity index is 2160. The van der Waals surface area contributed by atoms with Crippen LogP contribution in [0.5, 0.6) is 0 Å². The highest BCUT2D eigenvalue weighted by atomic mass is 31.2. The molecule has 0 aliphatic carbocycles. The quantitative estimate of drug-likeness (QED) is 0.0146. The molecule has 0 radical (unpaired) electrons. The number of aliphatic hydroxyl groups is 2. The zero-order chi connectivity index (χ0) is 65.3. The Labute approximate surface area is 537 Å². The summed E-state index contributed by atoms with van der Waals surface area (Å²) >= 11 is 0. The number of ether oxygens (including phenoxy) is 3. The monoisotopic (exact) mass is 1290 g/mol. The fourth-order valence-electron chi connectivity index (χ4n) is 8.26. The predicted octanol–water partition coefficient (Wildman–Crippen LogP) is 18.4. The Balaban J connectivity index is 4.74. The summed E-state index contributed by atoms with van der Waals surface area (Å²) in [5.41, 5.74) is 0. The van der Waals surface area contributed by atoms with E-state index in [1.165, 1.54) is 38.5 Å². The van der Waals surface area contributed by atoms with Crippen molar-refractivity contribution in [3.8, 4) is 0 Å². The lowest BCUT2D eigenvalue weighted by atomic mass is 10.1. The molecule has 0 aromatic carbocycles. The Kier molecular flexibility index (Phi) is 60.7. The van der Waals surface area contributed by atoms with Gasteiger partial charge >= 0.3 is 33.6 Å². The highest BCUT2D eigenvalue weighted by Gasteiger charge is 2.29. The fourth-order valence-corrected chi connectivity index (χ4v) is 9.85. The van der Waals surface area contributed by atoms with Gasteiger partial charge < -0.3 is 34.2 Å². The average molecular weight is 1290 g/mol. The van der Waals surface area contributed by atoms with Crippen molar-refractivity contribution in [2.24, 2.45) is 0 Å². The van der Waals surface area contributed by atoms with Gasteiger partial charge in [-0.3, -0.25) is 32.5 Å². The molecule has 508 valence electrons. The van der Waals surface area contributed by atoms with Gasteiger partial charge in [0.1, 0.15) is 25.4 Å². The third-order valence-corrected chi connectivity index (χ3v) is 15.2. The number of rotatable bonds is 62. The standard InChI is InChI=1S/C71H118O16P2/c1-4-7-10-13-16-19-22-25-28-30-31-32-33-35-38-39-42-45-48-51-54-57-69(74)81-60-66(72)61-83-88(77,78)84-62-67(73)63-85-89(79,80)86-65-68(87-71(76)59-56-53-50-47-44-41-36-27-24-21-18-15-12-9-6-3)64-82-70(75)58-55-52-49-46-43-40-37-34-29-26-23-20-17-14-11-8-5-2/h7-8,10-11,16-17,19-20,25-29,31-32,35-38,40,42,45,66-68,72-73H,4-6,9,12-15,18,21-24,30,33-34,39,41,43-44,46-65H2,1-3H3,(H,77,78)(H,79,80)/b10-7-,11-8-,19-16-,20-17-,28-25-,29-26-,32-31-,36-27-,38-35-,40-37-,45-42-. The summed E-state index contributed by atoms with van der Waals surface area (Å²) in [6, 6.07) is 0. The summed E-state index contributed by atoms with van der Waals surface area (Å²) < 4.78 is 60.8. The van der Waals surface area contributed by atoms with E-state index in [0.717, 1.165) is 141 Å². The average Bonchev–Trinajstić information content (AvgIpc) is 3.63. The molecule has 0 amide bonds. The first-order valence-electron chi connectivity index (χ1n) is 33.5. The third kappa shape index (κ3) is 65.0. The van der Waals surface area contributed by atoms with Crippen LogP contribution < -0.4 is 0 Å². The first-order valence-corrected chi connectivity index (χ1v) is 36.5. The second-order valence-corrected chi connectivity index (χ2v) is 24.8. The van der Waals surface area contributed by atoms with Crippen molar-refractivity contribution in [3.05, 3.63) is 134 Å². The molecule has 0 aliphatic rings. The lowest BCUT2D eigenvalue weighted by molar-refractivity contribution is -0.161. The normalized spacial score (nSPS) is 15.1. The molecule has 0 spiro atoms. The molecule has 0 rings (SSSR count). The van der Waals surface area contributed by atoms with Crippen molar-refractivity contribution in [1.82, 2.24) is 0 Å². The van der Waals surface area contributed by atoms with Gasteiger partial charge in [-0.25, -0.2) is 9.13 Å². The lowest BCUT2D eigenvalue weighted by Gasteiger charge is -2.21. The molecule has 18 heteroatoms. The van der Waals surface area contributed by atoms with Crippen LogP contribution >= 0.6 is 15.6 Å². The summed E-state index contributed by atoms with van der Waals surface area (Å²) in [4.78, 5) is 58.3. The number of allylic oxidation sites excluding steroid dienone is 22. The van der Waals surface area contributed by atoms with Gasteiger partial charge in [-0.15, -0.1) is 0 Å². The van der Waals surface area contributed by atoms with E-state index in [0.29, 0.717) is 19.3 Å². The van der Waals surface area contributed by atoms with E-state index < -0.39 is 91.5 Å². The van der Waals surface area contributed by atoms with Crippen molar-refractivity contribution in [1.29, 1.82) is 0 Å². The number of unbranched alkanes of at least 4 members (excludes halogenated alkanes) is 17. The van der Waals surface area contributed by atoms with Crippen molar-refractivity contribution < 1.29 is 75.8 Å². The molecule has 5 atom stereocenters. The van der Waals surface area contributed by atoms with E-state index >= 15 is 0 Å². The van der Waals surface area contributed by atoms with Gasteiger partial charge in [0.15, 0.2) is 6.10 Å². The van der Waals surface area contributed by atoms with E-state index in [9.17, 15) is 43.5 Å². The highest BCUT2D eigenvalue weighted by molar-refractivity contribution is 7.47. The van der Waals surface area contributed by atoms with Gasteiger partial charge in [-0.05, 0) is 135 Å². The molecule has 16 nitrogen and oxygen atoms in total. The number of phosphoric ester groups is 2. The zero-order valence-electron chi connectivity index (χ0n) is 54.8. The first kappa shape index (κ1) is 84.7. The maximum atomic E-state index is 12.9. The Morgan fingerprint density at radius 1 is 0.326 bits per heavy atom. The highest BCUT2D eigenvalue weighted by Crippen LogP contribution is 2.45. The predicted molar refractivity (Wildman–Crippen MR) is 362 cm³/mol. The Hall–Kier alpha value is -4.31. The summed E-state index contributed by atoms with van der Waals surface area (Å²) in [6.45, 7) is 2.32. The van der Waals surface area contributed by atoms with Crippen LogP contribution in [0.3, 0.4) is 0 Å². The third-order valence-electron chi connectivity index (χ3n) is 13.3. The topological polar surface area (TPSA) is 231 Å². The minimum atomic E-state index is -4.94. The van der Waals surface area contributed by atoms with Crippen LogP contribution in [-0.4, -0.2) is 95.9 Å². The number of esters is 3. The number of hydrogen-bond donors (Lipinski definition) is 4. The van der Waals surface area contributed by atoms with Crippen molar-refractivity contribution >= 4 is 33.6 Å². The van der Waals surface area contributed by atoms with E-state index in [1.807, 2.05) is 0 Å². The molecule has 0 aromatic rings. The second kappa shape index (κ2) is 63.8. The van der Waals surface area contributed by atoms with Gasteiger partial charge in [-0.2, -0.15) is 0 Å². The van der Waals surface area contributed by atoms with Crippen LogP contribution in [0.2, 0.25) is 0 Å². The molecule has 0 fully saturated rings.